The molecule has 0 bridgehead atoms. The number of hydrogen-bond donors (Lipinski definition) is 1. The zero-order chi connectivity index (χ0) is 10.8. The SMILES string of the molecule is CC1CC(c2nc(C(C)CN)no2)CO1. The number of nitrogens with two attached hydrogens (primary N) is 1. The van der Waals surface area contributed by atoms with Crippen molar-refractivity contribution in [3.63, 3.8) is 0 Å². The Hall–Kier alpha value is -0.940. The fourth-order valence-electron chi connectivity index (χ4n) is 1.71. The molecule has 1 aliphatic rings. The third kappa shape index (κ3) is 2.18. The molecule has 3 atom stereocenters. The molecular weight excluding hydrogens is 194 g/mol. The van der Waals surface area contributed by atoms with Gasteiger partial charge in [0, 0.05) is 12.5 Å². The highest BCUT2D eigenvalue weighted by molar-refractivity contribution is 5.00. The van der Waals surface area contributed by atoms with E-state index in [0.29, 0.717) is 24.9 Å². The zero-order valence-corrected chi connectivity index (χ0v) is 9.14. The van der Waals surface area contributed by atoms with Crippen molar-refractivity contribution >= 4 is 0 Å². The molecule has 1 aromatic rings. The van der Waals surface area contributed by atoms with Gasteiger partial charge >= 0.3 is 0 Å². The van der Waals surface area contributed by atoms with Crippen LogP contribution in [0.1, 0.15) is 43.8 Å². The third-order valence-electron chi connectivity index (χ3n) is 2.80. The standard InChI is InChI=1S/C10H17N3O2/c1-6(4-11)9-12-10(15-13-9)8-3-7(2)14-5-8/h6-8H,3-5,11H2,1-2H3. The molecule has 2 N–H and O–H groups in total. The predicted octanol–water partition coefficient (Wildman–Crippen LogP) is 1.02. The Morgan fingerprint density at radius 3 is 3.00 bits per heavy atom. The minimum Gasteiger partial charge on any atom is -0.378 e. The van der Waals surface area contributed by atoms with Gasteiger partial charge in [-0.25, -0.2) is 0 Å². The van der Waals surface area contributed by atoms with Crippen molar-refractivity contribution in [2.45, 2.75) is 38.2 Å². The van der Waals surface area contributed by atoms with Crippen LogP contribution < -0.4 is 5.73 Å². The van der Waals surface area contributed by atoms with Gasteiger partial charge in [-0.3, -0.25) is 0 Å². The van der Waals surface area contributed by atoms with E-state index in [-0.39, 0.29) is 17.9 Å². The first-order chi connectivity index (χ1) is 7.20. The zero-order valence-electron chi connectivity index (χ0n) is 9.14. The van der Waals surface area contributed by atoms with Crippen molar-refractivity contribution in [2.75, 3.05) is 13.2 Å². The van der Waals surface area contributed by atoms with E-state index in [4.69, 9.17) is 15.0 Å². The van der Waals surface area contributed by atoms with Crippen LogP contribution in [0.3, 0.4) is 0 Å². The van der Waals surface area contributed by atoms with Gasteiger partial charge in [0.05, 0.1) is 18.6 Å². The molecule has 3 unspecified atom stereocenters. The van der Waals surface area contributed by atoms with Crippen LogP contribution >= 0.6 is 0 Å². The molecule has 1 fully saturated rings. The van der Waals surface area contributed by atoms with Gasteiger partial charge in [-0.15, -0.1) is 0 Å². The van der Waals surface area contributed by atoms with Crippen LogP contribution in [0.4, 0.5) is 0 Å². The van der Waals surface area contributed by atoms with Crippen LogP contribution in [-0.2, 0) is 4.74 Å². The molecule has 0 radical (unpaired) electrons. The van der Waals surface area contributed by atoms with Gasteiger partial charge in [0.25, 0.3) is 0 Å². The summed E-state index contributed by atoms with van der Waals surface area (Å²) in [7, 11) is 0. The highest BCUT2D eigenvalue weighted by Crippen LogP contribution is 2.28. The van der Waals surface area contributed by atoms with Gasteiger partial charge in [-0.05, 0) is 13.3 Å². The lowest BCUT2D eigenvalue weighted by atomic mass is 10.1. The fraction of sp³-hybridized carbons (Fsp3) is 0.800. The number of rotatable bonds is 3. The van der Waals surface area contributed by atoms with Crippen molar-refractivity contribution in [1.82, 2.24) is 10.1 Å². The largest absolute Gasteiger partial charge is 0.378 e. The van der Waals surface area contributed by atoms with E-state index in [9.17, 15) is 0 Å². The smallest absolute Gasteiger partial charge is 0.232 e. The molecule has 0 spiro atoms. The Kier molecular flexibility index (Phi) is 3.02. The molecule has 0 saturated carbocycles. The summed E-state index contributed by atoms with van der Waals surface area (Å²) in [5.41, 5.74) is 5.54. The normalized spacial score (nSPS) is 28.2. The molecule has 15 heavy (non-hydrogen) atoms. The molecule has 1 aliphatic heterocycles. The minimum absolute atomic E-state index is 0.155. The number of ether oxygens (including phenoxy) is 1. The minimum atomic E-state index is 0.155. The van der Waals surface area contributed by atoms with E-state index in [1.165, 1.54) is 0 Å². The quantitative estimate of drug-likeness (QED) is 0.808. The predicted molar refractivity (Wildman–Crippen MR) is 54.5 cm³/mol. The maximum atomic E-state index is 5.54. The first kappa shape index (κ1) is 10.6. The Morgan fingerprint density at radius 2 is 2.40 bits per heavy atom. The van der Waals surface area contributed by atoms with Gasteiger partial charge in [0.2, 0.25) is 5.89 Å². The first-order valence-electron chi connectivity index (χ1n) is 5.36. The highest BCUT2D eigenvalue weighted by Gasteiger charge is 2.28. The molecule has 5 nitrogen and oxygen atoms in total. The second-order valence-corrected chi connectivity index (χ2v) is 4.20. The number of hydrogen-bond acceptors (Lipinski definition) is 5. The number of aromatic nitrogens is 2. The molecule has 0 aliphatic carbocycles. The summed E-state index contributed by atoms with van der Waals surface area (Å²) in [6, 6.07) is 0. The van der Waals surface area contributed by atoms with Crippen molar-refractivity contribution in [3.05, 3.63) is 11.7 Å². The van der Waals surface area contributed by atoms with Gasteiger partial charge in [0.1, 0.15) is 0 Å². The summed E-state index contributed by atoms with van der Waals surface area (Å²) in [6.07, 6.45) is 1.25. The van der Waals surface area contributed by atoms with Crippen molar-refractivity contribution in [2.24, 2.45) is 5.73 Å². The van der Waals surface area contributed by atoms with E-state index in [1.54, 1.807) is 0 Å². The van der Waals surface area contributed by atoms with E-state index in [2.05, 4.69) is 17.1 Å². The molecule has 0 aromatic carbocycles. The molecule has 1 saturated heterocycles. The summed E-state index contributed by atoms with van der Waals surface area (Å²) in [4.78, 5) is 4.36. The molecule has 84 valence electrons. The van der Waals surface area contributed by atoms with Crippen molar-refractivity contribution in [1.29, 1.82) is 0 Å². The van der Waals surface area contributed by atoms with E-state index in [0.717, 1.165) is 6.42 Å². The van der Waals surface area contributed by atoms with Gasteiger partial charge in [-0.2, -0.15) is 4.98 Å². The third-order valence-corrected chi connectivity index (χ3v) is 2.80. The van der Waals surface area contributed by atoms with E-state index >= 15 is 0 Å². The van der Waals surface area contributed by atoms with Crippen LogP contribution in [0.5, 0.6) is 0 Å². The molecule has 2 rings (SSSR count). The van der Waals surface area contributed by atoms with Gasteiger partial charge in [0.15, 0.2) is 5.82 Å². The molecule has 0 amide bonds. The van der Waals surface area contributed by atoms with Crippen LogP contribution in [-0.4, -0.2) is 29.4 Å². The maximum absolute atomic E-state index is 5.54. The van der Waals surface area contributed by atoms with Crippen molar-refractivity contribution < 1.29 is 9.26 Å². The van der Waals surface area contributed by atoms with Crippen LogP contribution in [0.25, 0.3) is 0 Å². The summed E-state index contributed by atoms with van der Waals surface area (Å²) in [5.74, 6) is 1.80. The van der Waals surface area contributed by atoms with Gasteiger partial charge < -0.3 is 15.0 Å². The molecule has 2 heterocycles. The topological polar surface area (TPSA) is 74.2 Å². The van der Waals surface area contributed by atoms with Crippen LogP contribution in [0.2, 0.25) is 0 Å². The average molecular weight is 211 g/mol. The van der Waals surface area contributed by atoms with E-state index in [1.807, 2.05) is 6.92 Å². The first-order valence-corrected chi connectivity index (χ1v) is 5.36. The summed E-state index contributed by atoms with van der Waals surface area (Å²) >= 11 is 0. The summed E-state index contributed by atoms with van der Waals surface area (Å²) < 4.78 is 10.7. The highest BCUT2D eigenvalue weighted by atomic mass is 16.5. The average Bonchev–Trinajstić information content (AvgIpc) is 2.84. The van der Waals surface area contributed by atoms with Gasteiger partial charge in [-0.1, -0.05) is 12.1 Å². The second-order valence-electron chi connectivity index (χ2n) is 4.20. The van der Waals surface area contributed by atoms with Crippen LogP contribution in [0.15, 0.2) is 4.52 Å². The summed E-state index contributed by atoms with van der Waals surface area (Å²) in [6.45, 7) is 5.26. The molecular formula is C10H17N3O2. The lowest BCUT2D eigenvalue weighted by molar-refractivity contribution is 0.122. The lowest BCUT2D eigenvalue weighted by Gasteiger charge is -2.00. The molecule has 1 aromatic heterocycles. The molecule has 5 heteroatoms. The lowest BCUT2D eigenvalue weighted by Crippen LogP contribution is -2.10. The Balaban J connectivity index is 2.07. The number of nitrogens with zero attached hydrogens (tertiary/aromatic N) is 2. The van der Waals surface area contributed by atoms with E-state index < -0.39 is 0 Å². The van der Waals surface area contributed by atoms with Crippen molar-refractivity contribution in [3.8, 4) is 0 Å². The summed E-state index contributed by atoms with van der Waals surface area (Å²) in [5, 5.41) is 3.93. The Bertz CT molecular complexity index is 326. The second kappa shape index (κ2) is 4.28. The maximum Gasteiger partial charge on any atom is 0.232 e. The monoisotopic (exact) mass is 211 g/mol. The Labute approximate surface area is 89.0 Å². The van der Waals surface area contributed by atoms with Crippen LogP contribution in [0, 0.1) is 0 Å². The fourth-order valence-corrected chi connectivity index (χ4v) is 1.71. The Morgan fingerprint density at radius 1 is 1.60 bits per heavy atom.